The Bertz CT molecular complexity index is 297. The van der Waals surface area contributed by atoms with Crippen LogP contribution in [0.25, 0.3) is 0 Å². The lowest BCUT2D eigenvalue weighted by Gasteiger charge is -2.12. The first-order valence-corrected chi connectivity index (χ1v) is 6.39. The van der Waals surface area contributed by atoms with Crippen LogP contribution in [0.3, 0.4) is 0 Å². The zero-order valence-electron chi connectivity index (χ0n) is 10.8. The first kappa shape index (κ1) is 13.2. The number of unbranched alkanes of at least 4 members (excludes halogenated alkanes) is 3. The topological polar surface area (TPSA) is 20.2 Å². The summed E-state index contributed by atoms with van der Waals surface area (Å²) in [5.74, 6) is 0. The van der Waals surface area contributed by atoms with Gasteiger partial charge >= 0.3 is 0 Å². The van der Waals surface area contributed by atoms with Gasteiger partial charge in [0.1, 0.15) is 0 Å². The fourth-order valence-electron chi connectivity index (χ4n) is 2.13. The zero-order valence-corrected chi connectivity index (χ0v) is 10.8. The van der Waals surface area contributed by atoms with Gasteiger partial charge in [-0.3, -0.25) is 0 Å². The van der Waals surface area contributed by atoms with Crippen LogP contribution in [0.15, 0.2) is 18.2 Å². The van der Waals surface area contributed by atoms with E-state index in [4.69, 9.17) is 0 Å². The number of aliphatic hydroxyl groups is 1. The highest BCUT2D eigenvalue weighted by Crippen LogP contribution is 2.22. The average molecular weight is 220 g/mol. The highest BCUT2D eigenvalue weighted by Gasteiger charge is 2.07. The molecular formula is C15H24O. The normalized spacial score (nSPS) is 12.8. The van der Waals surface area contributed by atoms with E-state index >= 15 is 0 Å². The number of aryl methyl sites for hydroxylation is 2. The van der Waals surface area contributed by atoms with Crippen molar-refractivity contribution in [1.29, 1.82) is 0 Å². The summed E-state index contributed by atoms with van der Waals surface area (Å²) < 4.78 is 0. The Labute approximate surface area is 99.5 Å². The lowest BCUT2D eigenvalue weighted by molar-refractivity contribution is 0.163. The Kier molecular flexibility index (Phi) is 5.54. The molecule has 0 radical (unpaired) electrons. The van der Waals surface area contributed by atoms with Crippen LogP contribution in [0.1, 0.15) is 61.8 Å². The minimum atomic E-state index is -0.282. The van der Waals surface area contributed by atoms with Crippen molar-refractivity contribution in [2.45, 2.75) is 59.0 Å². The maximum absolute atomic E-state index is 10.1. The van der Waals surface area contributed by atoms with Gasteiger partial charge in [0.2, 0.25) is 0 Å². The first-order chi connectivity index (χ1) is 7.63. The second-order valence-electron chi connectivity index (χ2n) is 4.79. The number of benzene rings is 1. The summed E-state index contributed by atoms with van der Waals surface area (Å²) >= 11 is 0. The number of hydrogen-bond donors (Lipinski definition) is 1. The summed E-state index contributed by atoms with van der Waals surface area (Å²) in [6.07, 6.45) is 5.50. The number of hydrogen-bond acceptors (Lipinski definition) is 1. The third kappa shape index (κ3) is 4.36. The van der Waals surface area contributed by atoms with Crippen LogP contribution < -0.4 is 0 Å². The maximum Gasteiger partial charge on any atom is 0.0790 e. The smallest absolute Gasteiger partial charge is 0.0790 e. The molecule has 0 aliphatic carbocycles. The number of aliphatic hydroxyl groups excluding tert-OH is 1. The summed E-state index contributed by atoms with van der Waals surface area (Å²) in [4.78, 5) is 0. The van der Waals surface area contributed by atoms with Crippen LogP contribution in [-0.2, 0) is 0 Å². The molecule has 90 valence electrons. The van der Waals surface area contributed by atoms with E-state index in [1.807, 2.05) is 0 Å². The van der Waals surface area contributed by atoms with Gasteiger partial charge in [-0.25, -0.2) is 0 Å². The fraction of sp³-hybridized carbons (Fsp3) is 0.600. The second kappa shape index (κ2) is 6.70. The summed E-state index contributed by atoms with van der Waals surface area (Å²) in [7, 11) is 0. The summed E-state index contributed by atoms with van der Waals surface area (Å²) in [6.45, 7) is 6.38. The number of rotatable bonds is 6. The van der Waals surface area contributed by atoms with E-state index in [-0.39, 0.29) is 6.10 Å². The predicted octanol–water partition coefficient (Wildman–Crippen LogP) is 4.31. The van der Waals surface area contributed by atoms with E-state index in [9.17, 15) is 5.11 Å². The first-order valence-electron chi connectivity index (χ1n) is 6.39. The van der Waals surface area contributed by atoms with Crippen molar-refractivity contribution < 1.29 is 5.11 Å². The molecule has 1 N–H and O–H groups in total. The maximum atomic E-state index is 10.1. The molecule has 0 bridgehead atoms. The molecule has 0 aliphatic rings. The van der Waals surface area contributed by atoms with Crippen LogP contribution in [0.5, 0.6) is 0 Å². The minimum Gasteiger partial charge on any atom is -0.388 e. The summed E-state index contributed by atoms with van der Waals surface area (Å²) in [5, 5.41) is 10.1. The Morgan fingerprint density at radius 3 is 2.19 bits per heavy atom. The highest BCUT2D eigenvalue weighted by molar-refractivity contribution is 5.29. The van der Waals surface area contributed by atoms with Gasteiger partial charge in [-0.15, -0.1) is 0 Å². The molecule has 1 aromatic carbocycles. The van der Waals surface area contributed by atoms with Crippen LogP contribution in [0.4, 0.5) is 0 Å². The molecule has 1 rings (SSSR count). The Morgan fingerprint density at radius 2 is 1.62 bits per heavy atom. The molecule has 1 atom stereocenters. The minimum absolute atomic E-state index is 0.282. The third-order valence-electron chi connectivity index (χ3n) is 2.96. The Hall–Kier alpha value is -0.820. The zero-order chi connectivity index (χ0) is 12.0. The monoisotopic (exact) mass is 220 g/mol. The van der Waals surface area contributed by atoms with E-state index in [0.29, 0.717) is 0 Å². The second-order valence-corrected chi connectivity index (χ2v) is 4.79. The molecule has 0 spiro atoms. The van der Waals surface area contributed by atoms with Crippen molar-refractivity contribution in [3.8, 4) is 0 Å². The molecule has 0 saturated carbocycles. The molecule has 0 fully saturated rings. The van der Waals surface area contributed by atoms with Gasteiger partial charge in [0, 0.05) is 0 Å². The molecular weight excluding hydrogens is 196 g/mol. The van der Waals surface area contributed by atoms with E-state index < -0.39 is 0 Å². The summed E-state index contributed by atoms with van der Waals surface area (Å²) in [6, 6.07) is 6.34. The Morgan fingerprint density at radius 1 is 1.00 bits per heavy atom. The lowest BCUT2D eigenvalue weighted by atomic mass is 9.99. The SMILES string of the molecule is CCCCCCC(O)c1cc(C)cc(C)c1. The van der Waals surface area contributed by atoms with Crippen molar-refractivity contribution in [3.63, 3.8) is 0 Å². The predicted molar refractivity (Wildman–Crippen MR) is 69.6 cm³/mol. The molecule has 1 heteroatoms. The van der Waals surface area contributed by atoms with Crippen molar-refractivity contribution in [2.75, 3.05) is 0 Å². The van der Waals surface area contributed by atoms with Gasteiger partial charge in [-0.2, -0.15) is 0 Å². The fourth-order valence-corrected chi connectivity index (χ4v) is 2.13. The largest absolute Gasteiger partial charge is 0.388 e. The molecule has 0 amide bonds. The van der Waals surface area contributed by atoms with Crippen molar-refractivity contribution in [1.82, 2.24) is 0 Å². The molecule has 16 heavy (non-hydrogen) atoms. The van der Waals surface area contributed by atoms with Gasteiger partial charge in [-0.05, 0) is 25.8 Å². The van der Waals surface area contributed by atoms with Crippen molar-refractivity contribution >= 4 is 0 Å². The van der Waals surface area contributed by atoms with Gasteiger partial charge in [0.15, 0.2) is 0 Å². The van der Waals surface area contributed by atoms with Crippen molar-refractivity contribution in [2.24, 2.45) is 0 Å². The van der Waals surface area contributed by atoms with Crippen LogP contribution in [-0.4, -0.2) is 5.11 Å². The molecule has 0 heterocycles. The molecule has 1 nitrogen and oxygen atoms in total. The average Bonchev–Trinajstić information content (AvgIpc) is 2.22. The molecule has 1 unspecified atom stereocenters. The van der Waals surface area contributed by atoms with E-state index in [2.05, 4.69) is 39.0 Å². The van der Waals surface area contributed by atoms with Gasteiger partial charge in [-0.1, -0.05) is 61.9 Å². The van der Waals surface area contributed by atoms with Crippen molar-refractivity contribution in [3.05, 3.63) is 34.9 Å². The van der Waals surface area contributed by atoms with E-state index in [0.717, 1.165) is 18.4 Å². The van der Waals surface area contributed by atoms with E-state index in [1.165, 1.54) is 30.4 Å². The van der Waals surface area contributed by atoms with Gasteiger partial charge in [0.05, 0.1) is 6.10 Å². The quantitative estimate of drug-likeness (QED) is 0.708. The highest BCUT2D eigenvalue weighted by atomic mass is 16.3. The molecule has 0 saturated heterocycles. The molecule has 0 aliphatic heterocycles. The van der Waals surface area contributed by atoms with Gasteiger partial charge in [0.25, 0.3) is 0 Å². The van der Waals surface area contributed by atoms with Crippen LogP contribution >= 0.6 is 0 Å². The molecule has 0 aromatic heterocycles. The third-order valence-corrected chi connectivity index (χ3v) is 2.96. The summed E-state index contributed by atoms with van der Waals surface area (Å²) in [5.41, 5.74) is 3.55. The van der Waals surface area contributed by atoms with Crippen LogP contribution in [0, 0.1) is 13.8 Å². The lowest BCUT2D eigenvalue weighted by Crippen LogP contribution is -1.98. The molecule has 1 aromatic rings. The van der Waals surface area contributed by atoms with Crippen LogP contribution in [0.2, 0.25) is 0 Å². The Balaban J connectivity index is 2.48. The van der Waals surface area contributed by atoms with Gasteiger partial charge < -0.3 is 5.11 Å². The standard InChI is InChI=1S/C15H24O/c1-4-5-6-7-8-15(16)14-10-12(2)9-13(3)11-14/h9-11,15-16H,4-8H2,1-3H3. The van der Waals surface area contributed by atoms with E-state index in [1.54, 1.807) is 0 Å².